The molecular weight excluding hydrogens is 332 g/mol. The molecule has 1 saturated carbocycles. The van der Waals surface area contributed by atoms with Gasteiger partial charge in [-0.15, -0.1) is 0 Å². The molecule has 116 valence electrons. The lowest BCUT2D eigenvalue weighted by Gasteiger charge is -2.25. The van der Waals surface area contributed by atoms with E-state index in [1.54, 1.807) is 7.11 Å². The fraction of sp³-hybridized carbons (Fsp3) is 0.562. The van der Waals surface area contributed by atoms with Gasteiger partial charge in [0.1, 0.15) is 0 Å². The molecule has 1 atom stereocenters. The zero-order valence-corrected chi connectivity index (χ0v) is 14.2. The maximum absolute atomic E-state index is 12.2. The Kier molecular flexibility index (Phi) is 5.41. The highest BCUT2D eigenvalue weighted by atomic mass is 79.9. The minimum Gasteiger partial charge on any atom is -0.380 e. The highest BCUT2D eigenvalue weighted by Gasteiger charge is 2.45. The third-order valence-electron chi connectivity index (χ3n) is 4.27. The van der Waals surface area contributed by atoms with Crippen LogP contribution in [0.25, 0.3) is 0 Å². The van der Waals surface area contributed by atoms with Gasteiger partial charge < -0.3 is 15.4 Å². The van der Waals surface area contributed by atoms with Crippen molar-refractivity contribution in [1.82, 2.24) is 4.90 Å². The van der Waals surface area contributed by atoms with Crippen molar-refractivity contribution >= 4 is 21.8 Å². The van der Waals surface area contributed by atoms with Crippen LogP contribution >= 0.6 is 15.9 Å². The number of hydrogen-bond donors (Lipinski definition) is 1. The predicted molar refractivity (Wildman–Crippen MR) is 87.2 cm³/mol. The topological polar surface area (TPSA) is 55.6 Å². The number of amides is 1. The van der Waals surface area contributed by atoms with Gasteiger partial charge in [-0.25, -0.2) is 0 Å². The van der Waals surface area contributed by atoms with E-state index in [0.29, 0.717) is 13.0 Å². The molecule has 5 heteroatoms. The number of halogens is 1. The van der Waals surface area contributed by atoms with Gasteiger partial charge in [0.15, 0.2) is 0 Å². The molecule has 2 rings (SSSR count). The van der Waals surface area contributed by atoms with E-state index in [9.17, 15) is 4.79 Å². The van der Waals surface area contributed by atoms with Crippen LogP contribution in [0.15, 0.2) is 28.7 Å². The van der Waals surface area contributed by atoms with Crippen molar-refractivity contribution in [2.45, 2.75) is 30.8 Å². The average molecular weight is 355 g/mol. The lowest BCUT2D eigenvalue weighted by molar-refractivity contribution is -0.132. The van der Waals surface area contributed by atoms with Crippen LogP contribution in [0.4, 0.5) is 0 Å². The molecule has 1 fully saturated rings. The Morgan fingerprint density at radius 2 is 2.05 bits per heavy atom. The predicted octanol–water partition coefficient (Wildman–Crippen LogP) is 2.30. The van der Waals surface area contributed by atoms with E-state index in [-0.39, 0.29) is 17.4 Å². The Morgan fingerprint density at radius 3 is 2.52 bits per heavy atom. The van der Waals surface area contributed by atoms with E-state index in [2.05, 4.69) is 40.2 Å². The molecule has 1 aliphatic rings. The van der Waals surface area contributed by atoms with Gasteiger partial charge in [0, 0.05) is 37.1 Å². The van der Waals surface area contributed by atoms with Crippen molar-refractivity contribution < 1.29 is 9.53 Å². The van der Waals surface area contributed by atoms with Crippen LogP contribution in [-0.4, -0.2) is 44.2 Å². The zero-order valence-electron chi connectivity index (χ0n) is 12.6. The molecule has 4 nitrogen and oxygen atoms in total. The van der Waals surface area contributed by atoms with Gasteiger partial charge in [0.05, 0.1) is 12.5 Å². The van der Waals surface area contributed by atoms with E-state index in [1.807, 2.05) is 11.9 Å². The normalized spacial score (nSPS) is 17.3. The lowest BCUT2D eigenvalue weighted by Crippen LogP contribution is -2.38. The molecule has 2 N–H and O–H groups in total. The third kappa shape index (κ3) is 4.05. The molecule has 1 amide bonds. The van der Waals surface area contributed by atoms with Gasteiger partial charge >= 0.3 is 0 Å². The molecule has 0 spiro atoms. The Balaban J connectivity index is 1.97. The number of carbonyl (C=O) groups is 1. The molecule has 1 aromatic carbocycles. The van der Waals surface area contributed by atoms with Crippen LogP contribution in [0.3, 0.4) is 0 Å². The van der Waals surface area contributed by atoms with Crippen LogP contribution in [0.2, 0.25) is 0 Å². The lowest BCUT2D eigenvalue weighted by atomic mass is 9.95. The molecule has 0 aliphatic heterocycles. The van der Waals surface area contributed by atoms with Gasteiger partial charge in [-0.3, -0.25) is 4.79 Å². The SMILES string of the molecule is COC(CN)CC(=O)N(C)CC1(c2ccc(Br)cc2)CC1. The summed E-state index contributed by atoms with van der Waals surface area (Å²) in [6, 6.07) is 8.42. The zero-order chi connectivity index (χ0) is 15.5. The first-order valence-electron chi connectivity index (χ1n) is 7.23. The highest BCUT2D eigenvalue weighted by Crippen LogP contribution is 2.48. The fourth-order valence-electron chi connectivity index (χ4n) is 2.65. The van der Waals surface area contributed by atoms with Crippen LogP contribution < -0.4 is 5.73 Å². The van der Waals surface area contributed by atoms with Gasteiger partial charge in [-0.2, -0.15) is 0 Å². The Bertz CT molecular complexity index is 482. The van der Waals surface area contributed by atoms with Crippen LogP contribution in [0, 0.1) is 0 Å². The molecule has 0 aromatic heterocycles. The Hall–Kier alpha value is -0.910. The molecule has 0 bridgehead atoms. The summed E-state index contributed by atoms with van der Waals surface area (Å²) >= 11 is 3.46. The first kappa shape index (κ1) is 16.5. The monoisotopic (exact) mass is 354 g/mol. The number of likely N-dealkylation sites (N-methyl/N-ethyl adjacent to an activating group) is 1. The second-order valence-electron chi connectivity index (χ2n) is 5.83. The fourth-order valence-corrected chi connectivity index (χ4v) is 2.91. The number of hydrogen-bond acceptors (Lipinski definition) is 3. The molecule has 0 saturated heterocycles. The molecule has 0 radical (unpaired) electrons. The molecular formula is C16H23BrN2O2. The molecule has 1 aromatic rings. The largest absolute Gasteiger partial charge is 0.380 e. The van der Waals surface area contributed by atoms with Gasteiger partial charge in [-0.05, 0) is 30.5 Å². The van der Waals surface area contributed by atoms with E-state index in [1.165, 1.54) is 5.56 Å². The number of nitrogens with two attached hydrogens (primary N) is 1. The first-order valence-corrected chi connectivity index (χ1v) is 8.03. The number of carbonyl (C=O) groups excluding carboxylic acids is 1. The van der Waals surface area contributed by atoms with Crippen molar-refractivity contribution in [3.05, 3.63) is 34.3 Å². The number of ether oxygens (including phenoxy) is 1. The van der Waals surface area contributed by atoms with Crippen LogP contribution in [-0.2, 0) is 14.9 Å². The van der Waals surface area contributed by atoms with Crippen molar-refractivity contribution in [2.24, 2.45) is 5.73 Å². The molecule has 1 unspecified atom stereocenters. The Labute approximate surface area is 134 Å². The summed E-state index contributed by atoms with van der Waals surface area (Å²) in [7, 11) is 3.46. The summed E-state index contributed by atoms with van der Waals surface area (Å²) in [5.74, 6) is 0.0932. The third-order valence-corrected chi connectivity index (χ3v) is 4.80. The molecule has 21 heavy (non-hydrogen) atoms. The maximum atomic E-state index is 12.2. The quantitative estimate of drug-likeness (QED) is 0.817. The van der Waals surface area contributed by atoms with Crippen molar-refractivity contribution in [3.8, 4) is 0 Å². The first-order chi connectivity index (χ1) is 10.0. The van der Waals surface area contributed by atoms with E-state index in [4.69, 9.17) is 10.5 Å². The van der Waals surface area contributed by atoms with E-state index >= 15 is 0 Å². The summed E-state index contributed by atoms with van der Waals surface area (Å²) in [5, 5.41) is 0. The number of benzene rings is 1. The minimum atomic E-state index is -0.192. The van der Waals surface area contributed by atoms with Crippen molar-refractivity contribution in [1.29, 1.82) is 0 Å². The summed E-state index contributed by atoms with van der Waals surface area (Å²) in [4.78, 5) is 14.1. The number of nitrogens with zero attached hydrogens (tertiary/aromatic N) is 1. The number of methoxy groups -OCH3 is 1. The standard InChI is InChI=1S/C16H23BrN2O2/c1-19(15(20)9-14(10-18)21-2)11-16(7-8-16)12-3-5-13(17)6-4-12/h3-6,14H,7-11,18H2,1-2H3. The summed E-state index contributed by atoms with van der Waals surface area (Å²) in [6.45, 7) is 1.13. The van der Waals surface area contributed by atoms with Gasteiger partial charge in [-0.1, -0.05) is 28.1 Å². The summed E-state index contributed by atoms with van der Waals surface area (Å²) in [6.07, 6.45) is 2.43. The second-order valence-corrected chi connectivity index (χ2v) is 6.75. The summed E-state index contributed by atoms with van der Waals surface area (Å²) in [5.41, 5.74) is 7.02. The van der Waals surface area contributed by atoms with Gasteiger partial charge in [0.2, 0.25) is 5.91 Å². The Morgan fingerprint density at radius 1 is 1.43 bits per heavy atom. The van der Waals surface area contributed by atoms with Gasteiger partial charge in [0.25, 0.3) is 0 Å². The van der Waals surface area contributed by atoms with E-state index in [0.717, 1.165) is 23.9 Å². The minimum absolute atomic E-state index is 0.0932. The summed E-state index contributed by atoms with van der Waals surface area (Å²) < 4.78 is 6.27. The molecule has 1 aliphatic carbocycles. The van der Waals surface area contributed by atoms with Crippen molar-refractivity contribution in [2.75, 3.05) is 27.2 Å². The van der Waals surface area contributed by atoms with E-state index < -0.39 is 0 Å². The van der Waals surface area contributed by atoms with Crippen LogP contribution in [0.1, 0.15) is 24.8 Å². The second kappa shape index (κ2) is 6.90. The van der Waals surface area contributed by atoms with Crippen molar-refractivity contribution in [3.63, 3.8) is 0 Å². The highest BCUT2D eigenvalue weighted by molar-refractivity contribution is 9.10. The van der Waals surface area contributed by atoms with Crippen LogP contribution in [0.5, 0.6) is 0 Å². The number of rotatable bonds is 7. The smallest absolute Gasteiger partial charge is 0.225 e. The molecule has 0 heterocycles. The average Bonchev–Trinajstić information content (AvgIpc) is 3.25. The maximum Gasteiger partial charge on any atom is 0.225 e.